The number of rotatable bonds is 1. The Balaban J connectivity index is 3.48. The van der Waals surface area contributed by atoms with Crippen LogP contribution in [0, 0.1) is 0 Å². The average molecular weight is 172 g/mol. The van der Waals surface area contributed by atoms with Crippen molar-refractivity contribution in [1.29, 1.82) is 0 Å². The van der Waals surface area contributed by atoms with E-state index < -0.39 is 12.9 Å². The summed E-state index contributed by atoms with van der Waals surface area (Å²) in [6.07, 6.45) is 0. The molecule has 0 amide bonds. The number of hydrogen-bond donors (Lipinski definition) is 0. The van der Waals surface area contributed by atoms with Gasteiger partial charge in [-0.25, -0.2) is 0 Å². The third-order valence-corrected chi connectivity index (χ3v) is 2.41. The molecule has 0 spiro atoms. The summed E-state index contributed by atoms with van der Waals surface area (Å²) in [4.78, 5) is 0. The van der Waals surface area contributed by atoms with E-state index in [1.807, 2.05) is 0 Å². The molecule has 1 unspecified atom stereocenters. The molecule has 2 nitrogen and oxygen atoms in total. The van der Waals surface area contributed by atoms with Crippen molar-refractivity contribution in [1.82, 2.24) is 0 Å². The van der Waals surface area contributed by atoms with E-state index in [0.29, 0.717) is 0 Å². The van der Waals surface area contributed by atoms with E-state index in [2.05, 4.69) is 3.73 Å². The van der Waals surface area contributed by atoms with Crippen LogP contribution in [-0.2, 0) is 7.47 Å². The fraction of sp³-hybridized carbons (Fsp3) is 1.00. The zero-order chi connectivity index (χ0) is 5.21. The van der Waals surface area contributed by atoms with Gasteiger partial charge in [-0.3, -0.25) is 0 Å². The van der Waals surface area contributed by atoms with Crippen LogP contribution in [0.1, 0.15) is 0 Å². The molecule has 0 saturated carbocycles. The van der Waals surface area contributed by atoms with Gasteiger partial charge in [-0.1, -0.05) is 0 Å². The molecule has 0 heterocycles. The molecule has 1 atom stereocenters. The molecule has 0 aliphatic heterocycles. The van der Waals surface area contributed by atoms with Crippen molar-refractivity contribution >= 4 is 22.8 Å². The van der Waals surface area contributed by atoms with Gasteiger partial charge in [0.15, 0.2) is 0 Å². The Morgan fingerprint density at radius 3 is 2.00 bits per heavy atom. The Morgan fingerprint density at radius 1 is 1.83 bits per heavy atom. The first kappa shape index (κ1) is 6.61. The molecule has 0 saturated heterocycles. The van der Waals surface area contributed by atoms with Gasteiger partial charge in [0.25, 0.3) is 0 Å². The Labute approximate surface area is 43.6 Å². The quantitative estimate of drug-likeness (QED) is 0.549. The van der Waals surface area contributed by atoms with E-state index in [0.717, 1.165) is 0 Å². The first-order chi connectivity index (χ1) is 2.56. The van der Waals surface area contributed by atoms with Gasteiger partial charge in [-0.2, -0.15) is 0 Å². The Bertz CT molecular complexity index is 75.6. The fourth-order valence-corrected chi connectivity index (χ4v) is 0. The van der Waals surface area contributed by atoms with Crippen LogP contribution < -0.4 is 0 Å². The third kappa shape index (κ3) is 4.61. The van der Waals surface area contributed by atoms with Gasteiger partial charge in [-0.15, -0.1) is 0 Å². The minimum atomic E-state index is -3.19. The van der Waals surface area contributed by atoms with Gasteiger partial charge in [0, 0.05) is 0 Å². The maximum atomic E-state index is 10.2. The zero-order valence-corrected chi connectivity index (χ0v) is 6.27. The van der Waals surface area contributed by atoms with E-state index in [1.54, 1.807) is 0 Å². The second-order valence-corrected chi connectivity index (χ2v) is 8.02. The van der Waals surface area contributed by atoms with Crippen molar-refractivity contribution in [3.05, 3.63) is 0 Å². The summed E-state index contributed by atoms with van der Waals surface area (Å²) in [6, 6.07) is 0. The molecule has 0 aliphatic rings. The summed E-state index contributed by atoms with van der Waals surface area (Å²) < 4.78 is 14.5. The van der Waals surface area contributed by atoms with Crippen LogP contribution in [-0.4, -0.2) is 20.0 Å². The Hall–Kier alpha value is 0.608. The van der Waals surface area contributed by atoms with Crippen LogP contribution >= 0.6 is 9.95 Å². The van der Waals surface area contributed by atoms with Crippen LogP contribution in [0.25, 0.3) is 0 Å². The summed E-state index contributed by atoms with van der Waals surface area (Å²) in [5, 5.41) is 0. The molecule has 4 heteroatoms. The van der Waals surface area contributed by atoms with Gasteiger partial charge in [0.1, 0.15) is 0 Å². The molecule has 0 aromatic heterocycles. The second-order valence-electron chi connectivity index (χ2n) is 0.929. The predicted molar refractivity (Wildman–Crippen MR) is 25.2 cm³/mol. The van der Waals surface area contributed by atoms with Gasteiger partial charge < -0.3 is 0 Å². The van der Waals surface area contributed by atoms with Gasteiger partial charge in [-0.05, 0) is 0 Å². The molecular formula is C2H6AsClO2. The van der Waals surface area contributed by atoms with Crippen LogP contribution in [0.15, 0.2) is 0 Å². The average Bonchev–Trinajstić information content (AvgIpc) is 1.35. The molecule has 0 fully saturated rings. The normalized spacial score (nSPS) is 19.8. The summed E-state index contributed by atoms with van der Waals surface area (Å²) in [7, 11) is 6.45. The van der Waals surface area contributed by atoms with Crippen molar-refractivity contribution in [2.24, 2.45) is 0 Å². The second kappa shape index (κ2) is 2.06. The van der Waals surface area contributed by atoms with Crippen molar-refractivity contribution in [2.75, 3.05) is 7.11 Å². The third-order valence-electron chi connectivity index (χ3n) is 0.326. The van der Waals surface area contributed by atoms with Crippen LogP contribution in [0.3, 0.4) is 0 Å². The van der Waals surface area contributed by atoms with Crippen LogP contribution in [0.5, 0.6) is 0 Å². The van der Waals surface area contributed by atoms with E-state index >= 15 is 0 Å². The van der Waals surface area contributed by atoms with Gasteiger partial charge >= 0.3 is 43.1 Å². The Kier molecular flexibility index (Phi) is 2.27. The first-order valence-corrected chi connectivity index (χ1v) is 7.26. The van der Waals surface area contributed by atoms with Crippen molar-refractivity contribution < 1.29 is 7.47 Å². The number of halogens is 1. The molecule has 0 aromatic rings. The minimum absolute atomic E-state index is 1.34. The van der Waals surface area contributed by atoms with Crippen molar-refractivity contribution in [3.63, 3.8) is 0 Å². The fourth-order valence-electron chi connectivity index (χ4n) is 0. The predicted octanol–water partition coefficient (Wildman–Crippen LogP) is 0.871. The van der Waals surface area contributed by atoms with Crippen LogP contribution in [0.2, 0.25) is 5.71 Å². The summed E-state index contributed by atoms with van der Waals surface area (Å²) in [6.45, 7) is 0. The first-order valence-electron chi connectivity index (χ1n) is 1.39. The van der Waals surface area contributed by atoms with Crippen molar-refractivity contribution in [3.8, 4) is 0 Å². The molecule has 0 aromatic carbocycles. The summed E-state index contributed by atoms with van der Waals surface area (Å²) >= 11 is -3.19. The standard InChI is InChI=1S/C2H6AsClO2/c1-3(4,5)6-2/h1-2H3. The SMILES string of the molecule is CO[As](C)(=O)Cl. The zero-order valence-electron chi connectivity index (χ0n) is 3.64. The van der Waals surface area contributed by atoms with Gasteiger partial charge in [0.2, 0.25) is 0 Å². The summed E-state index contributed by atoms with van der Waals surface area (Å²) in [5.41, 5.74) is 1.40. The van der Waals surface area contributed by atoms with Crippen molar-refractivity contribution in [2.45, 2.75) is 5.71 Å². The van der Waals surface area contributed by atoms with Gasteiger partial charge in [0.05, 0.1) is 0 Å². The van der Waals surface area contributed by atoms with E-state index in [9.17, 15) is 3.74 Å². The topological polar surface area (TPSA) is 26.3 Å². The molecule has 6 heavy (non-hydrogen) atoms. The summed E-state index contributed by atoms with van der Waals surface area (Å²) in [5.74, 6) is 0. The molecule has 0 rings (SSSR count). The van der Waals surface area contributed by atoms with E-state index in [4.69, 9.17) is 9.95 Å². The monoisotopic (exact) mass is 172 g/mol. The molecular weight excluding hydrogens is 166 g/mol. The molecule has 0 radical (unpaired) electrons. The number of hydrogen-bond acceptors (Lipinski definition) is 2. The molecule has 0 aliphatic carbocycles. The van der Waals surface area contributed by atoms with Crippen LogP contribution in [0.4, 0.5) is 0 Å². The molecule has 38 valence electrons. The molecule has 0 bridgehead atoms. The molecule has 0 N–H and O–H groups in total. The van der Waals surface area contributed by atoms with E-state index in [1.165, 1.54) is 12.8 Å². The maximum absolute atomic E-state index is 10.2. The van der Waals surface area contributed by atoms with E-state index in [-0.39, 0.29) is 0 Å². The Morgan fingerprint density at radius 2 is 2.00 bits per heavy atom.